The van der Waals surface area contributed by atoms with Crippen molar-refractivity contribution in [3.05, 3.63) is 29.8 Å². The fraction of sp³-hybridized carbons (Fsp3) is 0.500. The number of ether oxygens (including phenoxy) is 3. The normalized spacial score (nSPS) is 28.3. The molecule has 1 saturated carbocycles. The van der Waals surface area contributed by atoms with Crippen LogP contribution in [0.5, 0.6) is 5.75 Å². The van der Waals surface area contributed by atoms with E-state index < -0.39 is 29.1 Å². The van der Waals surface area contributed by atoms with E-state index in [0.717, 1.165) is 5.56 Å². The molecule has 0 amide bonds. The molecule has 1 saturated heterocycles. The minimum Gasteiger partial charge on any atom is -0.497 e. The number of hydrogen-bond donors (Lipinski definition) is 1. The molecule has 1 aromatic rings. The van der Waals surface area contributed by atoms with Crippen LogP contribution in [0.1, 0.15) is 31.4 Å². The molecule has 6 heteroatoms. The van der Waals surface area contributed by atoms with Crippen LogP contribution in [-0.2, 0) is 19.1 Å². The van der Waals surface area contributed by atoms with Crippen LogP contribution in [0.2, 0.25) is 0 Å². The maximum absolute atomic E-state index is 12.2. The first-order valence-corrected chi connectivity index (χ1v) is 7.24. The molecule has 3 rings (SSSR count). The summed E-state index contributed by atoms with van der Waals surface area (Å²) >= 11 is 0. The van der Waals surface area contributed by atoms with Gasteiger partial charge in [-0.25, -0.2) is 9.59 Å². The number of rotatable bonds is 4. The van der Waals surface area contributed by atoms with Gasteiger partial charge in [-0.2, -0.15) is 0 Å². The predicted molar refractivity (Wildman–Crippen MR) is 75.1 cm³/mol. The maximum atomic E-state index is 12.2. The van der Waals surface area contributed by atoms with E-state index in [1.54, 1.807) is 38.3 Å². The number of aliphatic hydroxyl groups is 1. The lowest BCUT2D eigenvalue weighted by Crippen LogP contribution is -2.51. The number of esters is 2. The van der Waals surface area contributed by atoms with E-state index in [1.165, 1.54) is 0 Å². The van der Waals surface area contributed by atoms with Gasteiger partial charge < -0.3 is 19.3 Å². The average molecular weight is 306 g/mol. The third kappa shape index (κ3) is 1.83. The molecule has 1 N–H and O–H groups in total. The Balaban J connectivity index is 1.95. The highest BCUT2D eigenvalue weighted by Gasteiger charge is 2.78. The van der Waals surface area contributed by atoms with Crippen LogP contribution in [0.25, 0.3) is 0 Å². The van der Waals surface area contributed by atoms with Crippen LogP contribution in [-0.4, -0.2) is 36.4 Å². The summed E-state index contributed by atoms with van der Waals surface area (Å²) in [6.07, 6.45) is 0.412. The molecule has 0 bridgehead atoms. The van der Waals surface area contributed by atoms with Crippen molar-refractivity contribution >= 4 is 11.9 Å². The number of benzene rings is 1. The summed E-state index contributed by atoms with van der Waals surface area (Å²) in [6.45, 7) is 1.72. The van der Waals surface area contributed by atoms with Crippen molar-refractivity contribution in [1.82, 2.24) is 0 Å². The molecule has 0 unspecified atom stereocenters. The molecule has 2 atom stereocenters. The summed E-state index contributed by atoms with van der Waals surface area (Å²) < 4.78 is 15.3. The van der Waals surface area contributed by atoms with E-state index in [9.17, 15) is 14.7 Å². The van der Waals surface area contributed by atoms with Gasteiger partial charge in [0, 0.05) is 0 Å². The van der Waals surface area contributed by atoms with Crippen molar-refractivity contribution < 1.29 is 28.9 Å². The maximum Gasteiger partial charge on any atom is 0.351 e. The van der Waals surface area contributed by atoms with Crippen molar-refractivity contribution in [2.24, 2.45) is 5.41 Å². The van der Waals surface area contributed by atoms with Crippen molar-refractivity contribution in [3.63, 3.8) is 0 Å². The quantitative estimate of drug-likeness (QED) is 0.668. The molecule has 2 fully saturated rings. The fourth-order valence-electron chi connectivity index (χ4n) is 3.14. The molecule has 6 nitrogen and oxygen atoms in total. The standard InChI is InChI=1S/C16H18O6/c1-3-21-13(17)16(19)14(18)22-12(15(16)8-9-15)10-4-6-11(20-2)7-5-10/h4-7,12,19H,3,8-9H2,1-2H3/t12-,16+/m1/s1. The summed E-state index contributed by atoms with van der Waals surface area (Å²) in [5.74, 6) is -1.17. The first kappa shape index (κ1) is 14.8. The third-order valence-corrected chi connectivity index (χ3v) is 4.52. The second kappa shape index (κ2) is 4.98. The summed E-state index contributed by atoms with van der Waals surface area (Å²) in [5.41, 5.74) is -2.41. The van der Waals surface area contributed by atoms with E-state index >= 15 is 0 Å². The number of cyclic esters (lactones) is 1. The van der Waals surface area contributed by atoms with Gasteiger partial charge in [0.2, 0.25) is 0 Å². The van der Waals surface area contributed by atoms with Gasteiger partial charge in [-0.3, -0.25) is 0 Å². The van der Waals surface area contributed by atoms with Gasteiger partial charge in [-0.15, -0.1) is 0 Å². The molecule has 0 radical (unpaired) electrons. The molecular weight excluding hydrogens is 288 g/mol. The smallest absolute Gasteiger partial charge is 0.351 e. The summed E-state index contributed by atoms with van der Waals surface area (Å²) in [6, 6.07) is 7.05. The number of carbonyl (C=O) groups excluding carboxylic acids is 2. The highest BCUT2D eigenvalue weighted by Crippen LogP contribution is 2.67. The number of carbonyl (C=O) groups is 2. The zero-order valence-electron chi connectivity index (χ0n) is 12.5. The molecule has 118 valence electrons. The summed E-state index contributed by atoms with van der Waals surface area (Å²) in [5, 5.41) is 10.7. The molecule has 1 aliphatic carbocycles. The predicted octanol–water partition coefficient (Wildman–Crippen LogP) is 1.37. The first-order valence-electron chi connectivity index (χ1n) is 7.24. The minimum absolute atomic E-state index is 0.0949. The largest absolute Gasteiger partial charge is 0.497 e. The van der Waals surface area contributed by atoms with Gasteiger partial charge in [-0.05, 0) is 37.5 Å². The van der Waals surface area contributed by atoms with Gasteiger partial charge in [0.15, 0.2) is 0 Å². The zero-order valence-corrected chi connectivity index (χ0v) is 12.5. The Morgan fingerprint density at radius 2 is 2.00 bits per heavy atom. The Bertz CT molecular complexity index is 604. The van der Waals surface area contributed by atoms with Crippen molar-refractivity contribution in [2.75, 3.05) is 13.7 Å². The van der Waals surface area contributed by atoms with Crippen molar-refractivity contribution in [1.29, 1.82) is 0 Å². The van der Waals surface area contributed by atoms with E-state index in [2.05, 4.69) is 0 Å². The lowest BCUT2D eigenvalue weighted by molar-refractivity contribution is -0.178. The number of hydrogen-bond acceptors (Lipinski definition) is 6. The van der Waals surface area contributed by atoms with Crippen LogP contribution >= 0.6 is 0 Å². The third-order valence-electron chi connectivity index (χ3n) is 4.52. The second-order valence-electron chi connectivity index (χ2n) is 5.65. The van der Waals surface area contributed by atoms with Crippen LogP contribution in [0, 0.1) is 5.41 Å². The topological polar surface area (TPSA) is 82.1 Å². The van der Waals surface area contributed by atoms with Gasteiger partial charge in [0.05, 0.1) is 19.1 Å². The second-order valence-corrected chi connectivity index (χ2v) is 5.65. The van der Waals surface area contributed by atoms with E-state index in [4.69, 9.17) is 14.2 Å². The Labute approximate surface area is 128 Å². The van der Waals surface area contributed by atoms with Crippen LogP contribution in [0.3, 0.4) is 0 Å². The number of methoxy groups -OCH3 is 1. The van der Waals surface area contributed by atoms with E-state index in [0.29, 0.717) is 18.6 Å². The minimum atomic E-state index is -2.21. The lowest BCUT2D eigenvalue weighted by atomic mass is 9.80. The SMILES string of the molecule is CCOC(=O)[C@]1(O)C(=O)O[C@H](c2ccc(OC)cc2)C12CC2. The van der Waals surface area contributed by atoms with Crippen LogP contribution < -0.4 is 4.74 Å². The summed E-state index contributed by atoms with van der Waals surface area (Å²) in [4.78, 5) is 24.3. The molecular formula is C16H18O6. The summed E-state index contributed by atoms with van der Waals surface area (Å²) in [7, 11) is 1.56. The Morgan fingerprint density at radius 1 is 1.36 bits per heavy atom. The van der Waals surface area contributed by atoms with Gasteiger partial charge in [0.25, 0.3) is 5.60 Å². The molecule has 1 aliphatic heterocycles. The zero-order chi connectivity index (χ0) is 16.0. The van der Waals surface area contributed by atoms with Crippen molar-refractivity contribution in [2.45, 2.75) is 31.5 Å². The molecule has 1 heterocycles. The van der Waals surface area contributed by atoms with Crippen molar-refractivity contribution in [3.8, 4) is 5.75 Å². The molecule has 2 aliphatic rings. The van der Waals surface area contributed by atoms with Gasteiger partial charge >= 0.3 is 11.9 Å². The first-order chi connectivity index (χ1) is 10.5. The average Bonchev–Trinajstić information content (AvgIpc) is 3.29. The van der Waals surface area contributed by atoms with E-state index in [1.807, 2.05) is 0 Å². The Kier molecular flexibility index (Phi) is 3.36. The molecule has 22 heavy (non-hydrogen) atoms. The Morgan fingerprint density at radius 3 is 2.50 bits per heavy atom. The molecule has 1 aromatic carbocycles. The van der Waals surface area contributed by atoms with E-state index in [-0.39, 0.29) is 6.61 Å². The lowest BCUT2D eigenvalue weighted by Gasteiger charge is -2.25. The van der Waals surface area contributed by atoms with Gasteiger partial charge in [0.1, 0.15) is 11.9 Å². The molecule has 1 spiro atoms. The highest BCUT2D eigenvalue weighted by molar-refractivity contribution is 6.06. The molecule has 0 aromatic heterocycles. The Hall–Kier alpha value is -2.08. The van der Waals surface area contributed by atoms with Crippen LogP contribution in [0.15, 0.2) is 24.3 Å². The van der Waals surface area contributed by atoms with Gasteiger partial charge in [-0.1, -0.05) is 12.1 Å². The highest BCUT2D eigenvalue weighted by atomic mass is 16.6. The van der Waals surface area contributed by atoms with Crippen LogP contribution in [0.4, 0.5) is 0 Å². The fourth-order valence-corrected chi connectivity index (χ4v) is 3.14. The monoisotopic (exact) mass is 306 g/mol.